The number of nitrogens with one attached hydrogen (secondary N) is 2. The molecular weight excluding hydrogens is 320 g/mol. The van der Waals surface area contributed by atoms with Crippen molar-refractivity contribution < 1.29 is 4.74 Å². The summed E-state index contributed by atoms with van der Waals surface area (Å²) in [5, 5.41) is 7.16. The van der Waals surface area contributed by atoms with Gasteiger partial charge in [-0.2, -0.15) is 0 Å². The van der Waals surface area contributed by atoms with Crippen molar-refractivity contribution in [3.8, 4) is 5.75 Å². The van der Waals surface area contributed by atoms with E-state index in [1.165, 1.54) is 33.8 Å². The molecule has 0 atom stereocenters. The first kappa shape index (κ1) is 16.5. The summed E-state index contributed by atoms with van der Waals surface area (Å²) in [6.07, 6.45) is 8.58. The van der Waals surface area contributed by atoms with Crippen LogP contribution in [0.1, 0.15) is 24.5 Å². The van der Waals surface area contributed by atoms with Crippen LogP contribution in [0.3, 0.4) is 0 Å². The number of anilines is 1. The third-order valence-corrected chi connectivity index (χ3v) is 4.81. The quantitative estimate of drug-likeness (QED) is 0.806. The van der Waals surface area contributed by atoms with Gasteiger partial charge in [0.1, 0.15) is 5.75 Å². The molecule has 2 aromatic carbocycles. The fourth-order valence-corrected chi connectivity index (χ4v) is 3.43. The second-order valence-corrected chi connectivity index (χ2v) is 6.56. The highest BCUT2D eigenvalue weighted by molar-refractivity contribution is 5.63. The van der Waals surface area contributed by atoms with Gasteiger partial charge in [-0.15, -0.1) is 0 Å². The maximum atomic E-state index is 5.72. The average molecular weight is 344 g/mol. The molecule has 0 unspecified atom stereocenters. The molecular formula is C23H24N2O. The highest BCUT2D eigenvalue weighted by Gasteiger charge is 2.16. The predicted octanol–water partition coefficient (Wildman–Crippen LogP) is 4.94. The molecule has 1 aliphatic heterocycles. The maximum absolute atomic E-state index is 5.72. The lowest BCUT2D eigenvalue weighted by atomic mass is 10.00. The number of benzene rings is 2. The van der Waals surface area contributed by atoms with Crippen LogP contribution in [0.2, 0.25) is 0 Å². The molecule has 0 fully saturated rings. The molecule has 132 valence electrons. The topological polar surface area (TPSA) is 33.3 Å². The zero-order valence-corrected chi connectivity index (χ0v) is 15.1. The summed E-state index contributed by atoms with van der Waals surface area (Å²) in [5.41, 5.74) is 7.53. The fourth-order valence-electron chi connectivity index (χ4n) is 3.43. The van der Waals surface area contributed by atoms with Gasteiger partial charge in [0.25, 0.3) is 0 Å². The van der Waals surface area contributed by atoms with Crippen molar-refractivity contribution in [1.82, 2.24) is 5.32 Å². The van der Waals surface area contributed by atoms with Gasteiger partial charge in [-0.25, -0.2) is 0 Å². The number of fused-ring (bicyclic) bond motifs is 2. The fraction of sp³-hybridized carbons (Fsp3) is 0.217. The van der Waals surface area contributed by atoms with E-state index in [1.54, 1.807) is 0 Å². The Morgan fingerprint density at radius 1 is 1.04 bits per heavy atom. The molecule has 3 heteroatoms. The Morgan fingerprint density at radius 3 is 2.81 bits per heavy atom. The van der Waals surface area contributed by atoms with Gasteiger partial charge in [-0.1, -0.05) is 42.5 Å². The van der Waals surface area contributed by atoms with Crippen LogP contribution in [0, 0.1) is 0 Å². The monoisotopic (exact) mass is 344 g/mol. The number of hydrogen-bond donors (Lipinski definition) is 2. The van der Waals surface area contributed by atoms with Crippen LogP contribution in [0.5, 0.6) is 5.75 Å². The van der Waals surface area contributed by atoms with E-state index in [4.69, 9.17) is 4.74 Å². The Kier molecular flexibility index (Phi) is 4.78. The minimum atomic E-state index is 0.685. The van der Waals surface area contributed by atoms with Crippen LogP contribution in [-0.2, 0) is 13.0 Å². The lowest BCUT2D eigenvalue weighted by molar-refractivity contribution is 0.336. The summed E-state index contributed by atoms with van der Waals surface area (Å²) in [6.45, 7) is 3.47. The van der Waals surface area contributed by atoms with E-state index in [9.17, 15) is 0 Å². The zero-order valence-electron chi connectivity index (χ0n) is 15.1. The van der Waals surface area contributed by atoms with E-state index in [-0.39, 0.29) is 0 Å². The van der Waals surface area contributed by atoms with E-state index in [2.05, 4.69) is 65.3 Å². The molecule has 2 N–H and O–H groups in total. The number of ether oxygens (including phenoxy) is 1. The van der Waals surface area contributed by atoms with E-state index >= 15 is 0 Å². The lowest BCUT2D eigenvalue weighted by Gasteiger charge is -2.20. The van der Waals surface area contributed by atoms with Gasteiger partial charge in [0, 0.05) is 35.6 Å². The Hall–Kier alpha value is -2.94. The molecule has 2 aromatic rings. The molecule has 0 saturated carbocycles. The van der Waals surface area contributed by atoms with Gasteiger partial charge in [0.2, 0.25) is 0 Å². The van der Waals surface area contributed by atoms with E-state index < -0.39 is 0 Å². The van der Waals surface area contributed by atoms with Crippen LogP contribution in [0.25, 0.3) is 0 Å². The van der Waals surface area contributed by atoms with Crippen LogP contribution in [-0.4, -0.2) is 6.61 Å². The smallest absolute Gasteiger partial charge is 0.124 e. The summed E-state index contributed by atoms with van der Waals surface area (Å²) >= 11 is 0. The third kappa shape index (κ3) is 3.52. The minimum Gasteiger partial charge on any atom is -0.494 e. The van der Waals surface area contributed by atoms with Crippen molar-refractivity contribution in [2.75, 3.05) is 11.9 Å². The molecule has 26 heavy (non-hydrogen) atoms. The second-order valence-electron chi connectivity index (χ2n) is 6.56. The SMILES string of the molecule is CCOc1ccccc1CNC1=CC=C2Nc3ccccc3CC=C2C1. The Balaban J connectivity index is 1.47. The number of hydrogen-bond acceptors (Lipinski definition) is 3. The molecule has 0 saturated heterocycles. The first-order valence-corrected chi connectivity index (χ1v) is 9.23. The van der Waals surface area contributed by atoms with Crippen molar-refractivity contribution in [3.63, 3.8) is 0 Å². The van der Waals surface area contributed by atoms with E-state index in [0.717, 1.165) is 25.1 Å². The number of rotatable bonds is 5. The highest BCUT2D eigenvalue weighted by atomic mass is 16.5. The van der Waals surface area contributed by atoms with Crippen molar-refractivity contribution in [3.05, 3.63) is 94.9 Å². The summed E-state index contributed by atoms with van der Waals surface area (Å²) in [7, 11) is 0. The Bertz CT molecular complexity index is 893. The van der Waals surface area contributed by atoms with Crippen LogP contribution in [0.15, 0.2) is 83.7 Å². The summed E-state index contributed by atoms with van der Waals surface area (Å²) < 4.78 is 5.72. The first-order chi connectivity index (χ1) is 12.8. The normalized spacial score (nSPS) is 15.3. The molecule has 3 nitrogen and oxygen atoms in total. The molecule has 0 amide bonds. The largest absolute Gasteiger partial charge is 0.494 e. The highest BCUT2D eigenvalue weighted by Crippen LogP contribution is 2.31. The van der Waals surface area contributed by atoms with Gasteiger partial charge >= 0.3 is 0 Å². The lowest BCUT2D eigenvalue weighted by Crippen LogP contribution is -2.17. The van der Waals surface area contributed by atoms with Gasteiger partial charge in [0.05, 0.1) is 6.61 Å². The number of allylic oxidation sites excluding steroid dienone is 5. The summed E-state index contributed by atoms with van der Waals surface area (Å²) in [4.78, 5) is 0. The van der Waals surface area contributed by atoms with Crippen LogP contribution < -0.4 is 15.4 Å². The predicted molar refractivity (Wildman–Crippen MR) is 107 cm³/mol. The van der Waals surface area contributed by atoms with Gasteiger partial charge < -0.3 is 15.4 Å². The van der Waals surface area contributed by atoms with Gasteiger partial charge in [0.15, 0.2) is 0 Å². The maximum Gasteiger partial charge on any atom is 0.124 e. The average Bonchev–Trinajstić information content (AvgIpc) is 2.86. The van der Waals surface area contributed by atoms with E-state index in [0.29, 0.717) is 6.61 Å². The molecule has 0 aromatic heterocycles. The minimum absolute atomic E-state index is 0.685. The van der Waals surface area contributed by atoms with Crippen molar-refractivity contribution >= 4 is 5.69 Å². The molecule has 0 spiro atoms. The first-order valence-electron chi connectivity index (χ1n) is 9.23. The van der Waals surface area contributed by atoms with Crippen LogP contribution >= 0.6 is 0 Å². The van der Waals surface area contributed by atoms with Gasteiger partial charge in [-0.3, -0.25) is 0 Å². The molecule has 0 bridgehead atoms. The molecule has 1 aliphatic carbocycles. The summed E-state index contributed by atoms with van der Waals surface area (Å²) in [5.74, 6) is 0.959. The summed E-state index contributed by atoms with van der Waals surface area (Å²) in [6, 6.07) is 16.7. The third-order valence-electron chi connectivity index (χ3n) is 4.81. The van der Waals surface area contributed by atoms with Crippen LogP contribution in [0.4, 0.5) is 5.69 Å². The Labute approximate surface area is 155 Å². The standard InChI is InChI=1S/C23H24N2O/c1-2-26-23-10-6-4-8-19(23)16-24-20-13-14-22-18(15-20)12-11-17-7-3-5-9-21(17)25-22/h3-10,12-14,24-25H,2,11,15-16H2,1H3. The molecule has 0 radical (unpaired) electrons. The van der Waals surface area contributed by atoms with E-state index in [1.807, 2.05) is 19.1 Å². The zero-order chi connectivity index (χ0) is 17.8. The molecule has 1 heterocycles. The van der Waals surface area contributed by atoms with Gasteiger partial charge in [-0.05, 0) is 48.8 Å². The van der Waals surface area contributed by atoms with Crippen molar-refractivity contribution in [2.45, 2.75) is 26.3 Å². The second kappa shape index (κ2) is 7.52. The number of para-hydroxylation sites is 2. The Morgan fingerprint density at radius 2 is 1.88 bits per heavy atom. The van der Waals surface area contributed by atoms with Crippen molar-refractivity contribution in [1.29, 1.82) is 0 Å². The van der Waals surface area contributed by atoms with Crippen molar-refractivity contribution in [2.24, 2.45) is 0 Å². The molecule has 2 aliphatic rings. The molecule has 4 rings (SSSR count).